The number of aliphatic hydroxyl groups excluding tert-OH is 1. The molecule has 0 radical (unpaired) electrons. The first-order valence-electron chi connectivity index (χ1n) is 9.08. The molecule has 1 aliphatic rings. The number of aryl methyl sites for hydroxylation is 1. The number of hydrogen-bond acceptors (Lipinski definition) is 5. The lowest BCUT2D eigenvalue weighted by Gasteiger charge is -2.49. The zero-order chi connectivity index (χ0) is 19.6. The summed E-state index contributed by atoms with van der Waals surface area (Å²) in [5.74, 6) is -0.213. The Morgan fingerprint density at radius 2 is 1.96 bits per heavy atom. The Bertz CT molecular complexity index is 865. The van der Waals surface area contributed by atoms with Gasteiger partial charge in [0.1, 0.15) is 6.54 Å². The van der Waals surface area contributed by atoms with Crippen LogP contribution in [0.15, 0.2) is 47.3 Å². The molecule has 7 heteroatoms. The van der Waals surface area contributed by atoms with Crippen LogP contribution in [0.3, 0.4) is 0 Å². The van der Waals surface area contributed by atoms with Crippen LogP contribution >= 0.6 is 0 Å². The van der Waals surface area contributed by atoms with E-state index in [-0.39, 0.29) is 24.6 Å². The topological polar surface area (TPSA) is 78.7 Å². The van der Waals surface area contributed by atoms with Crippen LogP contribution < -0.4 is 5.56 Å². The zero-order valence-corrected chi connectivity index (χ0v) is 16.0. The molecule has 27 heavy (non-hydrogen) atoms. The minimum absolute atomic E-state index is 0.118. The fourth-order valence-corrected chi connectivity index (χ4v) is 3.89. The highest BCUT2D eigenvalue weighted by Gasteiger charge is 2.46. The maximum atomic E-state index is 12.7. The number of aromatic nitrogens is 2. The van der Waals surface area contributed by atoms with Gasteiger partial charge < -0.3 is 10.0 Å². The number of hydrogen-bond donors (Lipinski definition) is 1. The number of amides is 1. The number of likely N-dealkylation sites (N-methyl/N-ethyl adjacent to an activating group) is 1. The third-order valence-electron chi connectivity index (χ3n) is 5.42. The summed E-state index contributed by atoms with van der Waals surface area (Å²) in [5.41, 5.74) is 0.859. The highest BCUT2D eigenvalue weighted by molar-refractivity contribution is 5.76. The molecule has 0 unspecified atom stereocenters. The second-order valence-electron chi connectivity index (χ2n) is 7.26. The number of piperidine rings is 1. The molecule has 1 aliphatic heterocycles. The van der Waals surface area contributed by atoms with Gasteiger partial charge >= 0.3 is 0 Å². The summed E-state index contributed by atoms with van der Waals surface area (Å²) >= 11 is 0. The van der Waals surface area contributed by atoms with Gasteiger partial charge in [0.25, 0.3) is 5.56 Å². The van der Waals surface area contributed by atoms with Crippen molar-refractivity contribution in [2.45, 2.75) is 31.5 Å². The van der Waals surface area contributed by atoms with Gasteiger partial charge in [0.2, 0.25) is 5.91 Å². The Morgan fingerprint density at radius 3 is 2.59 bits per heavy atom. The van der Waals surface area contributed by atoms with Gasteiger partial charge in [-0.15, -0.1) is 0 Å². The van der Waals surface area contributed by atoms with Crippen LogP contribution in [0, 0.1) is 6.92 Å². The van der Waals surface area contributed by atoms with Crippen molar-refractivity contribution in [3.8, 4) is 0 Å². The molecule has 144 valence electrons. The van der Waals surface area contributed by atoms with Crippen LogP contribution in [-0.2, 0) is 16.9 Å². The molecule has 1 N–H and O–H groups in total. The first-order valence-corrected chi connectivity index (χ1v) is 9.08. The Kier molecular flexibility index (Phi) is 5.43. The minimum Gasteiger partial charge on any atom is -0.389 e. The van der Waals surface area contributed by atoms with Crippen LogP contribution in [0.4, 0.5) is 0 Å². The lowest BCUT2D eigenvalue weighted by Crippen LogP contribution is -2.61. The van der Waals surface area contributed by atoms with Crippen molar-refractivity contribution in [2.24, 2.45) is 0 Å². The average molecular weight is 370 g/mol. The Balaban J connectivity index is 1.78. The van der Waals surface area contributed by atoms with Gasteiger partial charge in [0.15, 0.2) is 0 Å². The highest BCUT2D eigenvalue weighted by Crippen LogP contribution is 2.37. The van der Waals surface area contributed by atoms with Gasteiger partial charge in [0, 0.05) is 19.2 Å². The monoisotopic (exact) mass is 370 g/mol. The van der Waals surface area contributed by atoms with Crippen molar-refractivity contribution in [2.75, 3.05) is 27.2 Å². The first kappa shape index (κ1) is 19.3. The second kappa shape index (κ2) is 7.62. The van der Waals surface area contributed by atoms with Crippen LogP contribution in [0.5, 0.6) is 0 Å². The summed E-state index contributed by atoms with van der Waals surface area (Å²) in [5, 5.41) is 15.1. The van der Waals surface area contributed by atoms with E-state index in [1.807, 2.05) is 49.3 Å². The third kappa shape index (κ3) is 3.65. The molecular weight excluding hydrogens is 344 g/mol. The van der Waals surface area contributed by atoms with E-state index in [0.717, 1.165) is 5.56 Å². The molecule has 2 heterocycles. The van der Waals surface area contributed by atoms with Gasteiger partial charge in [-0.05, 0) is 39.1 Å². The third-order valence-corrected chi connectivity index (χ3v) is 5.42. The van der Waals surface area contributed by atoms with E-state index in [2.05, 4.69) is 5.10 Å². The fourth-order valence-electron chi connectivity index (χ4n) is 3.89. The number of likely N-dealkylation sites (tertiary alicyclic amines) is 1. The number of rotatable bonds is 4. The molecule has 1 aromatic heterocycles. The van der Waals surface area contributed by atoms with Crippen LogP contribution in [0.25, 0.3) is 0 Å². The summed E-state index contributed by atoms with van der Waals surface area (Å²) in [6.07, 6.45) is -0.137. The summed E-state index contributed by atoms with van der Waals surface area (Å²) in [6.45, 7) is 2.37. The van der Waals surface area contributed by atoms with Gasteiger partial charge in [-0.2, -0.15) is 5.10 Å². The van der Waals surface area contributed by atoms with Gasteiger partial charge in [-0.1, -0.05) is 30.3 Å². The van der Waals surface area contributed by atoms with E-state index in [0.29, 0.717) is 18.7 Å². The smallest absolute Gasteiger partial charge is 0.267 e. The largest absolute Gasteiger partial charge is 0.389 e. The molecule has 1 aromatic carbocycles. The van der Waals surface area contributed by atoms with Gasteiger partial charge in [-0.3, -0.25) is 14.5 Å². The fraction of sp³-hybridized carbons (Fsp3) is 0.450. The lowest BCUT2D eigenvalue weighted by molar-refractivity contribution is -0.141. The molecule has 7 nitrogen and oxygen atoms in total. The van der Waals surface area contributed by atoms with E-state index < -0.39 is 11.6 Å². The van der Waals surface area contributed by atoms with Crippen molar-refractivity contribution in [3.05, 3.63) is 64.1 Å². The zero-order valence-electron chi connectivity index (χ0n) is 16.0. The van der Waals surface area contributed by atoms with Crippen LogP contribution in [0.1, 0.15) is 17.7 Å². The quantitative estimate of drug-likeness (QED) is 0.853. The van der Waals surface area contributed by atoms with E-state index >= 15 is 0 Å². The lowest BCUT2D eigenvalue weighted by atomic mass is 9.77. The number of carbonyl (C=O) groups is 1. The summed E-state index contributed by atoms with van der Waals surface area (Å²) in [6, 6.07) is 12.9. The molecule has 1 amide bonds. The van der Waals surface area contributed by atoms with Crippen molar-refractivity contribution in [1.82, 2.24) is 19.6 Å². The van der Waals surface area contributed by atoms with E-state index in [1.165, 1.54) is 10.7 Å². The maximum absolute atomic E-state index is 12.7. The van der Waals surface area contributed by atoms with E-state index in [9.17, 15) is 14.7 Å². The highest BCUT2D eigenvalue weighted by atomic mass is 16.3. The maximum Gasteiger partial charge on any atom is 0.267 e. The normalized spacial score (nSPS) is 22.9. The van der Waals surface area contributed by atoms with Gasteiger partial charge in [-0.25, -0.2) is 4.68 Å². The molecule has 1 fully saturated rings. The molecule has 2 atom stereocenters. The van der Waals surface area contributed by atoms with Gasteiger partial charge in [0.05, 0.1) is 17.3 Å². The standard InChI is InChI=1S/C20H26N4O3/c1-15-9-10-18(26)24(21-15)14-19(27)23-12-11-20(22(2)3,17(25)13-23)16-7-5-4-6-8-16/h4-10,17,25H,11-14H2,1-3H3/t17-,20+/m1/s1. The Labute approximate surface area is 158 Å². The first-order chi connectivity index (χ1) is 12.8. The van der Waals surface area contributed by atoms with Crippen molar-refractivity contribution >= 4 is 5.91 Å². The predicted octanol–water partition coefficient (Wildman–Crippen LogP) is 0.602. The van der Waals surface area contributed by atoms with Crippen molar-refractivity contribution in [1.29, 1.82) is 0 Å². The number of β-amino-alcohol motifs (C(OH)–C–C–N with tert-alkyl or cyclic N) is 1. The molecule has 0 saturated carbocycles. The summed E-state index contributed by atoms with van der Waals surface area (Å²) in [7, 11) is 3.90. The molecule has 1 saturated heterocycles. The number of carbonyl (C=O) groups excluding carboxylic acids is 1. The average Bonchev–Trinajstić information content (AvgIpc) is 2.65. The second-order valence-corrected chi connectivity index (χ2v) is 7.26. The Hall–Kier alpha value is -2.51. The van der Waals surface area contributed by atoms with Crippen molar-refractivity contribution in [3.63, 3.8) is 0 Å². The van der Waals surface area contributed by atoms with Crippen LogP contribution in [0.2, 0.25) is 0 Å². The molecule has 0 bridgehead atoms. The molecule has 2 aromatic rings. The van der Waals surface area contributed by atoms with E-state index in [4.69, 9.17) is 0 Å². The van der Waals surface area contributed by atoms with Crippen LogP contribution in [-0.4, -0.2) is 63.9 Å². The molecule has 0 aliphatic carbocycles. The summed E-state index contributed by atoms with van der Waals surface area (Å²) in [4.78, 5) is 28.2. The van der Waals surface area contributed by atoms with Crippen molar-refractivity contribution < 1.29 is 9.90 Å². The predicted molar refractivity (Wildman–Crippen MR) is 102 cm³/mol. The Morgan fingerprint density at radius 1 is 1.26 bits per heavy atom. The molecule has 3 rings (SSSR count). The number of aliphatic hydroxyl groups is 1. The molecular formula is C20H26N4O3. The number of nitrogens with zero attached hydrogens (tertiary/aromatic N) is 4. The number of benzene rings is 1. The SMILES string of the molecule is Cc1ccc(=O)n(CC(=O)N2CC[C@@](c3ccccc3)(N(C)C)[C@H](O)C2)n1. The van der Waals surface area contributed by atoms with E-state index in [1.54, 1.807) is 17.9 Å². The minimum atomic E-state index is -0.741. The summed E-state index contributed by atoms with van der Waals surface area (Å²) < 4.78 is 1.18. The molecule has 0 spiro atoms.